The number of amides is 1. The highest BCUT2D eigenvalue weighted by molar-refractivity contribution is 7.99. The number of rotatable bonds is 4. The standard InChI is InChI=1S/C19H15N5OS2/c25-18(15-10-14(22-23-15)17-5-2-7-26-17)20-13-4-1-3-12(9-13)16-11-24-6-8-27-19(24)21-16/h1-5,7,9-11H,6,8H2,(H,20,25)(H,22,23). The number of hydrogen-bond donors (Lipinski definition) is 2. The van der Waals surface area contributed by atoms with Crippen molar-refractivity contribution in [3.05, 3.63) is 59.7 Å². The third-order valence-electron chi connectivity index (χ3n) is 4.32. The van der Waals surface area contributed by atoms with Gasteiger partial charge in [0.2, 0.25) is 0 Å². The summed E-state index contributed by atoms with van der Waals surface area (Å²) in [6.45, 7) is 0.995. The summed E-state index contributed by atoms with van der Waals surface area (Å²) in [7, 11) is 0. The van der Waals surface area contributed by atoms with Gasteiger partial charge in [-0.3, -0.25) is 9.89 Å². The van der Waals surface area contributed by atoms with Crippen LogP contribution in [0.25, 0.3) is 21.8 Å². The lowest BCUT2D eigenvalue weighted by atomic mass is 10.1. The molecule has 3 aromatic heterocycles. The summed E-state index contributed by atoms with van der Waals surface area (Å²) >= 11 is 3.37. The van der Waals surface area contributed by atoms with Gasteiger partial charge in [-0.15, -0.1) is 11.3 Å². The summed E-state index contributed by atoms with van der Waals surface area (Å²) in [6, 6.07) is 13.5. The molecule has 134 valence electrons. The number of anilines is 1. The van der Waals surface area contributed by atoms with Gasteiger partial charge in [-0.25, -0.2) is 4.98 Å². The van der Waals surface area contributed by atoms with Crippen molar-refractivity contribution in [3.8, 4) is 21.8 Å². The normalized spacial score (nSPS) is 12.9. The summed E-state index contributed by atoms with van der Waals surface area (Å²) in [6.07, 6.45) is 2.07. The number of hydrogen-bond acceptors (Lipinski definition) is 5. The molecule has 0 bridgehead atoms. The van der Waals surface area contributed by atoms with Gasteiger partial charge in [0.05, 0.1) is 16.3 Å². The zero-order valence-corrected chi connectivity index (χ0v) is 15.8. The van der Waals surface area contributed by atoms with E-state index < -0.39 is 0 Å². The van der Waals surface area contributed by atoms with E-state index in [4.69, 9.17) is 0 Å². The molecule has 6 nitrogen and oxygen atoms in total. The fourth-order valence-corrected chi connectivity index (χ4v) is 4.63. The van der Waals surface area contributed by atoms with Crippen LogP contribution in [-0.2, 0) is 6.54 Å². The molecule has 4 heterocycles. The average Bonchev–Trinajstić information content (AvgIpc) is 3.45. The fourth-order valence-electron chi connectivity index (χ4n) is 3.00. The smallest absolute Gasteiger partial charge is 0.276 e. The third kappa shape index (κ3) is 3.17. The Hall–Kier alpha value is -2.84. The van der Waals surface area contributed by atoms with E-state index in [1.165, 1.54) is 0 Å². The average molecular weight is 393 g/mol. The third-order valence-corrected chi connectivity index (χ3v) is 6.19. The van der Waals surface area contributed by atoms with Crippen LogP contribution in [0, 0.1) is 0 Å². The van der Waals surface area contributed by atoms with E-state index >= 15 is 0 Å². The highest BCUT2D eigenvalue weighted by Gasteiger charge is 2.16. The van der Waals surface area contributed by atoms with E-state index in [-0.39, 0.29) is 5.91 Å². The Bertz CT molecular complexity index is 1090. The largest absolute Gasteiger partial charge is 0.325 e. The van der Waals surface area contributed by atoms with Crippen molar-refractivity contribution in [2.24, 2.45) is 0 Å². The molecule has 0 saturated heterocycles. The Morgan fingerprint density at radius 1 is 1.22 bits per heavy atom. The topological polar surface area (TPSA) is 75.6 Å². The highest BCUT2D eigenvalue weighted by atomic mass is 32.2. The number of nitrogens with zero attached hydrogens (tertiary/aromatic N) is 3. The monoisotopic (exact) mass is 393 g/mol. The SMILES string of the molecule is O=C(Nc1cccc(-c2cn3c(n2)SCC3)c1)c1cc(-c2cccs2)[nH]n1. The molecule has 5 rings (SSSR count). The summed E-state index contributed by atoms with van der Waals surface area (Å²) in [4.78, 5) is 18.3. The van der Waals surface area contributed by atoms with Crippen molar-refractivity contribution < 1.29 is 4.79 Å². The molecule has 1 aromatic carbocycles. The van der Waals surface area contributed by atoms with Crippen LogP contribution in [0.4, 0.5) is 5.69 Å². The van der Waals surface area contributed by atoms with Crippen LogP contribution in [0.3, 0.4) is 0 Å². The number of fused-ring (bicyclic) bond motifs is 1. The van der Waals surface area contributed by atoms with Gasteiger partial charge >= 0.3 is 0 Å². The van der Waals surface area contributed by atoms with Gasteiger partial charge in [-0.05, 0) is 29.6 Å². The number of H-pyrrole nitrogens is 1. The minimum Gasteiger partial charge on any atom is -0.325 e. The van der Waals surface area contributed by atoms with E-state index in [0.717, 1.165) is 45.0 Å². The zero-order chi connectivity index (χ0) is 18.2. The lowest BCUT2D eigenvalue weighted by molar-refractivity contribution is 0.102. The van der Waals surface area contributed by atoms with E-state index in [0.29, 0.717) is 5.69 Å². The number of thioether (sulfide) groups is 1. The maximum absolute atomic E-state index is 12.5. The molecule has 2 N–H and O–H groups in total. The first-order chi connectivity index (χ1) is 13.3. The lowest BCUT2D eigenvalue weighted by Gasteiger charge is -2.05. The molecule has 0 aliphatic carbocycles. The molecule has 0 fully saturated rings. The number of nitrogens with one attached hydrogen (secondary N) is 2. The maximum Gasteiger partial charge on any atom is 0.276 e. The van der Waals surface area contributed by atoms with Crippen molar-refractivity contribution in [1.82, 2.24) is 19.7 Å². The molecule has 0 unspecified atom stereocenters. The quantitative estimate of drug-likeness (QED) is 0.540. The van der Waals surface area contributed by atoms with Gasteiger partial charge in [-0.1, -0.05) is 30.0 Å². The van der Waals surface area contributed by atoms with Crippen molar-refractivity contribution in [2.75, 3.05) is 11.1 Å². The zero-order valence-electron chi connectivity index (χ0n) is 14.2. The van der Waals surface area contributed by atoms with E-state index in [2.05, 4.69) is 31.3 Å². The maximum atomic E-state index is 12.5. The van der Waals surface area contributed by atoms with E-state index in [9.17, 15) is 4.79 Å². The molecular formula is C19H15N5OS2. The molecule has 0 radical (unpaired) electrons. The minimum atomic E-state index is -0.242. The van der Waals surface area contributed by atoms with Crippen molar-refractivity contribution in [2.45, 2.75) is 11.7 Å². The van der Waals surface area contributed by atoms with Gasteiger partial charge < -0.3 is 9.88 Å². The van der Waals surface area contributed by atoms with Crippen molar-refractivity contribution >= 4 is 34.7 Å². The Morgan fingerprint density at radius 2 is 2.19 bits per heavy atom. The number of imidazole rings is 1. The summed E-state index contributed by atoms with van der Waals surface area (Å²) in [5.74, 6) is 0.838. The first-order valence-electron chi connectivity index (χ1n) is 8.47. The predicted molar refractivity (Wildman–Crippen MR) is 108 cm³/mol. The van der Waals surface area contributed by atoms with Gasteiger partial charge in [0, 0.05) is 29.7 Å². The van der Waals surface area contributed by atoms with Gasteiger partial charge in [0.1, 0.15) is 0 Å². The second kappa shape index (κ2) is 6.71. The molecule has 0 spiro atoms. The van der Waals surface area contributed by atoms with Gasteiger partial charge in [0.15, 0.2) is 10.9 Å². The number of aryl methyl sites for hydroxylation is 1. The number of carbonyl (C=O) groups is 1. The number of aromatic nitrogens is 4. The van der Waals surface area contributed by atoms with Crippen LogP contribution in [0.15, 0.2) is 59.2 Å². The summed E-state index contributed by atoms with van der Waals surface area (Å²) in [5.41, 5.74) is 3.83. The summed E-state index contributed by atoms with van der Waals surface area (Å²) in [5, 5.41) is 13.0. The molecule has 27 heavy (non-hydrogen) atoms. The van der Waals surface area contributed by atoms with Crippen LogP contribution in [-0.4, -0.2) is 31.4 Å². The Kier molecular flexibility index (Phi) is 4.06. The van der Waals surface area contributed by atoms with Crippen molar-refractivity contribution in [3.63, 3.8) is 0 Å². The first-order valence-corrected chi connectivity index (χ1v) is 10.3. The molecule has 0 saturated carbocycles. The molecule has 8 heteroatoms. The molecular weight excluding hydrogens is 378 g/mol. The van der Waals surface area contributed by atoms with Crippen LogP contribution in [0.2, 0.25) is 0 Å². The molecule has 1 amide bonds. The number of aromatic amines is 1. The highest BCUT2D eigenvalue weighted by Crippen LogP contribution is 2.30. The Morgan fingerprint density at radius 3 is 3.04 bits per heavy atom. The second-order valence-electron chi connectivity index (χ2n) is 6.13. The summed E-state index contributed by atoms with van der Waals surface area (Å²) < 4.78 is 2.17. The number of thiophene rings is 1. The van der Waals surface area contributed by atoms with Crippen LogP contribution >= 0.6 is 23.1 Å². The van der Waals surface area contributed by atoms with Gasteiger partial charge in [-0.2, -0.15) is 5.10 Å². The predicted octanol–water partition coefficient (Wildman–Crippen LogP) is 4.36. The Labute approximate surface area is 163 Å². The fraction of sp³-hybridized carbons (Fsp3) is 0.105. The number of carbonyl (C=O) groups excluding carboxylic acids is 1. The van der Waals surface area contributed by atoms with Crippen LogP contribution < -0.4 is 5.32 Å². The van der Waals surface area contributed by atoms with E-state index in [1.807, 2.05) is 41.8 Å². The van der Waals surface area contributed by atoms with Gasteiger partial charge in [0.25, 0.3) is 5.91 Å². The molecule has 1 aliphatic heterocycles. The van der Waals surface area contributed by atoms with Crippen LogP contribution in [0.1, 0.15) is 10.5 Å². The Balaban J connectivity index is 1.35. The van der Waals surface area contributed by atoms with Crippen molar-refractivity contribution in [1.29, 1.82) is 0 Å². The van der Waals surface area contributed by atoms with Crippen LogP contribution in [0.5, 0.6) is 0 Å². The number of benzene rings is 1. The molecule has 0 atom stereocenters. The molecule has 1 aliphatic rings. The second-order valence-corrected chi connectivity index (χ2v) is 8.14. The lowest BCUT2D eigenvalue weighted by Crippen LogP contribution is -2.12. The van der Waals surface area contributed by atoms with E-state index in [1.54, 1.807) is 29.2 Å². The molecule has 4 aromatic rings. The minimum absolute atomic E-state index is 0.242. The first kappa shape index (κ1) is 16.3.